The van der Waals surface area contributed by atoms with Crippen molar-refractivity contribution in [3.63, 3.8) is 0 Å². The van der Waals surface area contributed by atoms with Gasteiger partial charge in [-0.05, 0) is 29.7 Å². The van der Waals surface area contributed by atoms with Gasteiger partial charge in [0.25, 0.3) is 11.8 Å². The maximum Gasteiger partial charge on any atom is 0.272 e. The number of hydrogen-bond acceptors (Lipinski definition) is 3. The summed E-state index contributed by atoms with van der Waals surface area (Å²) in [5.41, 5.74) is 3.09. The van der Waals surface area contributed by atoms with Gasteiger partial charge in [0.05, 0.1) is 16.2 Å². The van der Waals surface area contributed by atoms with E-state index in [-0.39, 0.29) is 17.1 Å². The molecule has 0 N–H and O–H groups in total. The Bertz CT molecular complexity index is 823. The van der Waals surface area contributed by atoms with E-state index in [1.54, 1.807) is 0 Å². The Morgan fingerprint density at radius 2 is 1.56 bits per heavy atom. The highest BCUT2D eigenvalue weighted by Crippen LogP contribution is 2.39. The molecule has 1 aliphatic heterocycles. The van der Waals surface area contributed by atoms with Crippen LogP contribution < -0.4 is 4.90 Å². The van der Waals surface area contributed by atoms with E-state index in [0.717, 1.165) is 12.0 Å². The summed E-state index contributed by atoms with van der Waals surface area (Å²) < 4.78 is 0. The van der Waals surface area contributed by atoms with Gasteiger partial charge in [-0.2, -0.15) is 0 Å². The van der Waals surface area contributed by atoms with E-state index in [2.05, 4.69) is 6.92 Å². The van der Waals surface area contributed by atoms with Crippen LogP contribution >= 0.6 is 11.8 Å². The molecule has 0 atom stereocenters. The molecule has 0 aliphatic carbocycles. The van der Waals surface area contributed by atoms with Gasteiger partial charge in [-0.1, -0.05) is 63.2 Å². The Hall–Kier alpha value is -2.33. The van der Waals surface area contributed by atoms with Crippen LogP contribution in [-0.2, 0) is 16.0 Å². The molecule has 2 aromatic carbocycles. The van der Waals surface area contributed by atoms with Crippen molar-refractivity contribution in [2.45, 2.75) is 32.4 Å². The number of anilines is 1. The van der Waals surface area contributed by atoms with Gasteiger partial charge >= 0.3 is 0 Å². The van der Waals surface area contributed by atoms with Crippen molar-refractivity contribution in [2.24, 2.45) is 0 Å². The minimum atomic E-state index is -0.247. The summed E-state index contributed by atoms with van der Waals surface area (Å²) in [5.74, 6) is -0.476. The molecule has 0 saturated heterocycles. The Kier molecular flexibility index (Phi) is 5.09. The first-order valence-corrected chi connectivity index (χ1v) is 9.35. The lowest BCUT2D eigenvalue weighted by molar-refractivity contribution is -0.119. The van der Waals surface area contributed by atoms with Gasteiger partial charge in [0, 0.05) is 5.25 Å². The molecule has 0 radical (unpaired) electrons. The van der Waals surface area contributed by atoms with Crippen LogP contribution in [0, 0.1) is 0 Å². The lowest BCUT2D eigenvalue weighted by atomic mass is 10.1. The Morgan fingerprint density at radius 1 is 0.920 bits per heavy atom. The number of thioether (sulfide) groups is 1. The van der Waals surface area contributed by atoms with Gasteiger partial charge in [-0.15, -0.1) is 11.8 Å². The van der Waals surface area contributed by atoms with E-state index in [1.807, 2.05) is 68.4 Å². The van der Waals surface area contributed by atoms with E-state index < -0.39 is 0 Å². The third-order valence-electron chi connectivity index (χ3n) is 4.06. The van der Waals surface area contributed by atoms with E-state index in [4.69, 9.17) is 0 Å². The van der Waals surface area contributed by atoms with Crippen LogP contribution in [0.5, 0.6) is 0 Å². The van der Waals surface area contributed by atoms with Gasteiger partial charge in [0.2, 0.25) is 0 Å². The maximum absolute atomic E-state index is 13.1. The predicted molar refractivity (Wildman–Crippen MR) is 104 cm³/mol. The Balaban J connectivity index is 2.05. The van der Waals surface area contributed by atoms with Gasteiger partial charge < -0.3 is 0 Å². The lowest BCUT2D eigenvalue weighted by Gasteiger charge is -2.16. The van der Waals surface area contributed by atoms with Crippen molar-refractivity contribution < 1.29 is 9.59 Å². The SMILES string of the molecule is CCc1ccc(N2C(=O)C(SC(C)C)=C(c3ccccc3)C2=O)cc1. The molecular formula is C21H21NO2S. The number of hydrogen-bond donors (Lipinski definition) is 0. The van der Waals surface area contributed by atoms with Gasteiger partial charge in [0.1, 0.15) is 0 Å². The largest absolute Gasteiger partial charge is 0.272 e. The Morgan fingerprint density at radius 3 is 2.12 bits per heavy atom. The molecule has 2 amide bonds. The maximum atomic E-state index is 13.1. The molecule has 0 fully saturated rings. The lowest BCUT2D eigenvalue weighted by Crippen LogP contribution is -2.31. The van der Waals surface area contributed by atoms with Crippen molar-refractivity contribution in [1.29, 1.82) is 0 Å². The van der Waals surface area contributed by atoms with E-state index in [0.29, 0.717) is 16.2 Å². The van der Waals surface area contributed by atoms with Crippen molar-refractivity contribution in [2.75, 3.05) is 4.90 Å². The molecule has 0 bridgehead atoms. The standard InChI is InChI=1S/C21H21NO2S/c1-4-15-10-12-17(13-11-15)22-20(23)18(16-8-6-5-7-9-16)19(21(22)24)25-14(2)3/h5-14H,4H2,1-3H3. The van der Waals surface area contributed by atoms with Crippen LogP contribution in [0.1, 0.15) is 31.9 Å². The number of imide groups is 1. The van der Waals surface area contributed by atoms with Crippen LogP contribution in [0.4, 0.5) is 5.69 Å². The summed E-state index contributed by atoms with van der Waals surface area (Å²) in [7, 11) is 0. The van der Waals surface area contributed by atoms with Crippen LogP contribution in [0.15, 0.2) is 59.5 Å². The minimum Gasteiger partial charge on any atom is -0.268 e. The van der Waals surface area contributed by atoms with Crippen molar-refractivity contribution in [3.05, 3.63) is 70.6 Å². The smallest absolute Gasteiger partial charge is 0.268 e. The number of nitrogens with zero attached hydrogens (tertiary/aromatic N) is 1. The van der Waals surface area contributed by atoms with Crippen molar-refractivity contribution in [3.8, 4) is 0 Å². The predicted octanol–water partition coefficient (Wildman–Crippen LogP) is 4.68. The first-order valence-electron chi connectivity index (χ1n) is 8.47. The molecule has 1 aliphatic rings. The van der Waals surface area contributed by atoms with E-state index in [9.17, 15) is 9.59 Å². The molecule has 2 aromatic rings. The molecule has 1 heterocycles. The third-order valence-corrected chi connectivity index (χ3v) is 5.15. The third kappa shape index (κ3) is 3.40. The average Bonchev–Trinajstić information content (AvgIpc) is 2.85. The zero-order chi connectivity index (χ0) is 18.0. The zero-order valence-electron chi connectivity index (χ0n) is 14.7. The molecule has 3 nitrogen and oxygen atoms in total. The fourth-order valence-electron chi connectivity index (χ4n) is 2.83. The van der Waals surface area contributed by atoms with Crippen LogP contribution in [-0.4, -0.2) is 17.1 Å². The highest BCUT2D eigenvalue weighted by Gasteiger charge is 2.40. The normalized spacial score (nSPS) is 14.8. The first kappa shape index (κ1) is 17.5. The summed E-state index contributed by atoms with van der Waals surface area (Å²) in [6, 6.07) is 17.1. The second kappa shape index (κ2) is 7.28. The van der Waals surface area contributed by atoms with Gasteiger partial charge in [0.15, 0.2) is 0 Å². The molecule has 4 heteroatoms. The van der Waals surface area contributed by atoms with Crippen LogP contribution in [0.2, 0.25) is 0 Å². The number of rotatable bonds is 5. The minimum absolute atomic E-state index is 0.216. The number of aryl methyl sites for hydroxylation is 1. The van der Waals surface area contributed by atoms with Crippen LogP contribution in [0.3, 0.4) is 0 Å². The van der Waals surface area contributed by atoms with Crippen molar-refractivity contribution >= 4 is 34.8 Å². The first-order chi connectivity index (χ1) is 12.0. The second-order valence-electron chi connectivity index (χ2n) is 6.20. The fourth-order valence-corrected chi connectivity index (χ4v) is 3.82. The molecule has 128 valence electrons. The topological polar surface area (TPSA) is 37.4 Å². The summed E-state index contributed by atoms with van der Waals surface area (Å²) in [6.45, 7) is 6.13. The zero-order valence-corrected chi connectivity index (χ0v) is 15.5. The number of amides is 2. The number of benzene rings is 2. The summed E-state index contributed by atoms with van der Waals surface area (Å²) in [5, 5.41) is 0.216. The molecular weight excluding hydrogens is 330 g/mol. The van der Waals surface area contributed by atoms with Gasteiger partial charge in [-0.25, -0.2) is 4.90 Å². The Labute approximate surface area is 152 Å². The molecule has 0 unspecified atom stereocenters. The summed E-state index contributed by atoms with van der Waals surface area (Å²) >= 11 is 1.45. The second-order valence-corrected chi connectivity index (χ2v) is 7.79. The van der Waals surface area contributed by atoms with Gasteiger partial charge in [-0.3, -0.25) is 9.59 Å². The average molecular weight is 351 g/mol. The van der Waals surface area contributed by atoms with Crippen molar-refractivity contribution in [1.82, 2.24) is 0 Å². The molecule has 0 aromatic heterocycles. The molecule has 0 spiro atoms. The molecule has 3 rings (SSSR count). The summed E-state index contributed by atoms with van der Waals surface area (Å²) in [4.78, 5) is 27.9. The fraction of sp³-hybridized carbons (Fsp3) is 0.238. The number of carbonyl (C=O) groups excluding carboxylic acids is 2. The van der Waals surface area contributed by atoms with E-state index in [1.165, 1.54) is 22.2 Å². The summed E-state index contributed by atoms with van der Waals surface area (Å²) in [6.07, 6.45) is 0.921. The quantitative estimate of drug-likeness (QED) is 0.734. The molecule has 0 saturated carbocycles. The molecule has 25 heavy (non-hydrogen) atoms. The number of carbonyl (C=O) groups is 2. The highest BCUT2D eigenvalue weighted by atomic mass is 32.2. The highest BCUT2D eigenvalue weighted by molar-refractivity contribution is 8.04. The van der Waals surface area contributed by atoms with E-state index >= 15 is 0 Å². The van der Waals surface area contributed by atoms with Crippen LogP contribution in [0.25, 0.3) is 5.57 Å². The monoisotopic (exact) mass is 351 g/mol.